The fourth-order valence-electron chi connectivity index (χ4n) is 1.48. The predicted octanol–water partition coefficient (Wildman–Crippen LogP) is -0.0197. The molecule has 0 unspecified atom stereocenters. The number of carboxylic acids is 1. The Labute approximate surface area is 118 Å². The van der Waals surface area contributed by atoms with Gasteiger partial charge in [0.2, 0.25) is 5.82 Å². The van der Waals surface area contributed by atoms with Gasteiger partial charge in [0.25, 0.3) is 11.7 Å². The van der Waals surface area contributed by atoms with E-state index < -0.39 is 11.9 Å². The fourth-order valence-corrected chi connectivity index (χ4v) is 2.04. The minimum Gasteiger partial charge on any atom is -0.481 e. The largest absolute Gasteiger partial charge is 0.481 e. The Morgan fingerprint density at radius 3 is 3.00 bits per heavy atom. The molecule has 0 saturated carbocycles. The molecular formula is C11H13N5O3S. The van der Waals surface area contributed by atoms with Crippen molar-refractivity contribution in [3.8, 4) is 0 Å². The third-order valence-corrected chi connectivity index (χ3v) is 3.33. The molecule has 8 nitrogen and oxygen atoms in total. The molecule has 0 atom stereocenters. The first-order valence-electron chi connectivity index (χ1n) is 5.84. The highest BCUT2D eigenvalue weighted by Gasteiger charge is 2.13. The molecule has 0 fully saturated rings. The van der Waals surface area contributed by atoms with E-state index in [9.17, 15) is 9.59 Å². The fraction of sp³-hybridized carbons (Fsp3) is 0.364. The minimum atomic E-state index is -0.870. The predicted molar refractivity (Wildman–Crippen MR) is 72.8 cm³/mol. The van der Waals surface area contributed by atoms with Gasteiger partial charge in [0.15, 0.2) is 0 Å². The lowest BCUT2D eigenvalue weighted by atomic mass is 10.5. The summed E-state index contributed by atoms with van der Waals surface area (Å²) < 4.78 is 1.49. The molecule has 2 N–H and O–H groups in total. The first-order valence-corrected chi connectivity index (χ1v) is 6.99. The highest BCUT2D eigenvalue weighted by molar-refractivity contribution is 7.99. The molecule has 2 aromatic heterocycles. The zero-order valence-corrected chi connectivity index (χ0v) is 11.6. The van der Waals surface area contributed by atoms with Gasteiger partial charge < -0.3 is 10.4 Å². The molecule has 0 aliphatic heterocycles. The summed E-state index contributed by atoms with van der Waals surface area (Å²) in [4.78, 5) is 30.2. The lowest BCUT2D eigenvalue weighted by molar-refractivity contribution is -0.133. The molecule has 1 amide bonds. The second-order valence-corrected chi connectivity index (χ2v) is 5.04. The first-order chi connectivity index (χ1) is 9.58. The van der Waals surface area contributed by atoms with E-state index in [1.807, 2.05) is 6.92 Å². The molecule has 2 aromatic rings. The maximum absolute atomic E-state index is 11.8. The molecule has 0 bridgehead atoms. The zero-order valence-electron chi connectivity index (χ0n) is 10.7. The number of aromatic nitrogens is 4. The lowest BCUT2D eigenvalue weighted by Crippen LogP contribution is -2.27. The van der Waals surface area contributed by atoms with E-state index in [2.05, 4.69) is 20.4 Å². The maximum Gasteiger partial charge on any atom is 0.313 e. The van der Waals surface area contributed by atoms with Crippen LogP contribution in [-0.4, -0.2) is 54.6 Å². The topological polar surface area (TPSA) is 109 Å². The van der Waals surface area contributed by atoms with E-state index in [-0.39, 0.29) is 11.6 Å². The van der Waals surface area contributed by atoms with E-state index >= 15 is 0 Å². The van der Waals surface area contributed by atoms with Crippen LogP contribution < -0.4 is 5.32 Å². The first kappa shape index (κ1) is 14.3. The van der Waals surface area contributed by atoms with Crippen LogP contribution in [0.3, 0.4) is 0 Å². The van der Waals surface area contributed by atoms with Crippen LogP contribution in [0.5, 0.6) is 0 Å². The smallest absolute Gasteiger partial charge is 0.313 e. The molecule has 9 heteroatoms. The Bertz CT molecular complexity index is 642. The van der Waals surface area contributed by atoms with Crippen molar-refractivity contribution in [3.63, 3.8) is 0 Å². The quantitative estimate of drug-likeness (QED) is 0.721. The molecular weight excluding hydrogens is 282 g/mol. The van der Waals surface area contributed by atoms with Crippen molar-refractivity contribution >= 4 is 29.4 Å². The molecule has 2 heterocycles. The van der Waals surface area contributed by atoms with Crippen molar-refractivity contribution in [1.29, 1.82) is 0 Å². The van der Waals surface area contributed by atoms with Crippen LogP contribution in [0.15, 0.2) is 12.3 Å². The van der Waals surface area contributed by atoms with E-state index in [4.69, 9.17) is 5.11 Å². The number of aryl methyl sites for hydroxylation is 1. The number of hydrogen-bond donors (Lipinski definition) is 2. The monoisotopic (exact) mass is 295 g/mol. The average Bonchev–Trinajstić information content (AvgIpc) is 2.83. The van der Waals surface area contributed by atoms with Crippen molar-refractivity contribution < 1.29 is 14.7 Å². The van der Waals surface area contributed by atoms with Crippen molar-refractivity contribution in [2.24, 2.45) is 0 Å². The number of nitrogens with zero attached hydrogens (tertiary/aromatic N) is 4. The zero-order chi connectivity index (χ0) is 14.5. The Balaban J connectivity index is 1.91. The lowest BCUT2D eigenvalue weighted by Gasteiger charge is -2.00. The highest BCUT2D eigenvalue weighted by Crippen LogP contribution is 2.02. The number of thioether (sulfide) groups is 1. The molecule has 0 radical (unpaired) electrons. The standard InChI is InChI=1S/C11H13N5O3S/c1-7-2-3-13-11-14-9(15-16(7)11)10(19)12-4-5-20-6-8(17)18/h2-3H,4-6H2,1H3,(H,12,19)(H,17,18). The number of carbonyl (C=O) groups is 2. The minimum absolute atomic E-state index is 0.0194. The van der Waals surface area contributed by atoms with Crippen LogP contribution in [0.2, 0.25) is 0 Å². The van der Waals surface area contributed by atoms with Gasteiger partial charge in [-0.2, -0.15) is 4.98 Å². The molecule has 0 aliphatic rings. The van der Waals surface area contributed by atoms with Gasteiger partial charge >= 0.3 is 5.97 Å². The summed E-state index contributed by atoms with van der Waals surface area (Å²) in [5, 5.41) is 15.2. The Hall–Kier alpha value is -2.16. The van der Waals surface area contributed by atoms with Gasteiger partial charge in [-0.15, -0.1) is 16.9 Å². The van der Waals surface area contributed by atoms with Gasteiger partial charge in [-0.25, -0.2) is 9.50 Å². The number of hydrogen-bond acceptors (Lipinski definition) is 6. The number of amides is 1. The molecule has 0 aromatic carbocycles. The Morgan fingerprint density at radius 2 is 2.30 bits per heavy atom. The number of fused-ring (bicyclic) bond motifs is 1. The SMILES string of the molecule is Cc1ccnc2nc(C(=O)NCCSCC(=O)O)nn12. The van der Waals surface area contributed by atoms with Gasteiger partial charge in [0, 0.05) is 24.2 Å². The van der Waals surface area contributed by atoms with Gasteiger partial charge in [-0.1, -0.05) is 0 Å². The number of rotatable bonds is 6. The number of nitrogens with one attached hydrogen (secondary N) is 1. The van der Waals surface area contributed by atoms with Gasteiger partial charge in [0.1, 0.15) is 0 Å². The molecule has 20 heavy (non-hydrogen) atoms. The van der Waals surface area contributed by atoms with E-state index in [1.165, 1.54) is 16.3 Å². The normalized spacial score (nSPS) is 10.7. The summed E-state index contributed by atoms with van der Waals surface area (Å²) in [5.74, 6) is -0.310. The third-order valence-electron chi connectivity index (χ3n) is 2.39. The average molecular weight is 295 g/mol. The molecule has 2 rings (SSSR count). The Morgan fingerprint density at radius 1 is 1.50 bits per heavy atom. The molecule has 106 valence electrons. The molecule has 0 saturated heterocycles. The van der Waals surface area contributed by atoms with E-state index in [0.29, 0.717) is 18.1 Å². The van der Waals surface area contributed by atoms with E-state index in [1.54, 1.807) is 12.3 Å². The molecule has 0 spiro atoms. The van der Waals surface area contributed by atoms with Crippen molar-refractivity contribution in [1.82, 2.24) is 24.9 Å². The van der Waals surface area contributed by atoms with Crippen molar-refractivity contribution in [3.05, 3.63) is 23.8 Å². The van der Waals surface area contributed by atoms with Crippen molar-refractivity contribution in [2.75, 3.05) is 18.1 Å². The second-order valence-electron chi connectivity index (χ2n) is 3.94. The second kappa shape index (κ2) is 6.33. The van der Waals surface area contributed by atoms with Crippen LogP contribution in [0.4, 0.5) is 0 Å². The van der Waals surface area contributed by atoms with E-state index in [0.717, 1.165) is 5.69 Å². The third kappa shape index (κ3) is 3.44. The van der Waals surface area contributed by atoms with Crippen LogP contribution in [0, 0.1) is 6.92 Å². The van der Waals surface area contributed by atoms with Crippen LogP contribution in [0.25, 0.3) is 5.78 Å². The molecule has 0 aliphatic carbocycles. The van der Waals surface area contributed by atoms with Gasteiger partial charge in [-0.05, 0) is 13.0 Å². The summed E-state index contributed by atoms with van der Waals surface area (Å²) in [5.41, 5.74) is 0.832. The number of carbonyl (C=O) groups excluding carboxylic acids is 1. The maximum atomic E-state index is 11.8. The summed E-state index contributed by atoms with van der Waals surface area (Å²) in [6, 6.07) is 1.77. The van der Waals surface area contributed by atoms with Gasteiger partial charge in [-0.3, -0.25) is 9.59 Å². The highest BCUT2D eigenvalue weighted by atomic mass is 32.2. The van der Waals surface area contributed by atoms with Crippen LogP contribution in [-0.2, 0) is 4.79 Å². The summed E-state index contributed by atoms with van der Waals surface area (Å²) >= 11 is 1.23. The number of carboxylic acid groups (broad SMARTS) is 1. The van der Waals surface area contributed by atoms with Crippen molar-refractivity contribution in [2.45, 2.75) is 6.92 Å². The summed E-state index contributed by atoms with van der Waals surface area (Å²) in [7, 11) is 0. The number of aliphatic carboxylic acids is 1. The van der Waals surface area contributed by atoms with Crippen LogP contribution in [0.1, 0.15) is 16.3 Å². The Kier molecular flexibility index (Phi) is 4.51. The summed E-state index contributed by atoms with van der Waals surface area (Å²) in [6.07, 6.45) is 1.60. The van der Waals surface area contributed by atoms with Crippen LogP contribution >= 0.6 is 11.8 Å². The summed E-state index contributed by atoms with van der Waals surface area (Å²) in [6.45, 7) is 2.20. The van der Waals surface area contributed by atoms with Gasteiger partial charge in [0.05, 0.1) is 5.75 Å².